The SMILES string of the molecule is CCC(C)C(C)NC(=O)C1(C)CCCCN1. The Morgan fingerprint density at radius 2 is 2.12 bits per heavy atom. The largest absolute Gasteiger partial charge is 0.352 e. The van der Waals surface area contributed by atoms with Crippen molar-refractivity contribution in [3.05, 3.63) is 0 Å². The summed E-state index contributed by atoms with van der Waals surface area (Å²) < 4.78 is 0. The van der Waals surface area contributed by atoms with E-state index in [9.17, 15) is 4.79 Å². The molecule has 1 amide bonds. The van der Waals surface area contributed by atoms with Crippen LogP contribution in [0.2, 0.25) is 0 Å². The predicted molar refractivity (Wildman–Crippen MR) is 67.3 cm³/mol. The Morgan fingerprint density at radius 3 is 2.62 bits per heavy atom. The van der Waals surface area contributed by atoms with E-state index in [4.69, 9.17) is 0 Å². The fourth-order valence-corrected chi connectivity index (χ4v) is 2.11. The topological polar surface area (TPSA) is 41.1 Å². The third-order valence-electron chi connectivity index (χ3n) is 3.98. The molecule has 1 aliphatic heterocycles. The van der Waals surface area contributed by atoms with Gasteiger partial charge in [0.2, 0.25) is 5.91 Å². The van der Waals surface area contributed by atoms with Gasteiger partial charge in [0.25, 0.3) is 0 Å². The van der Waals surface area contributed by atoms with Gasteiger partial charge in [0.15, 0.2) is 0 Å². The van der Waals surface area contributed by atoms with Crippen molar-refractivity contribution in [3.8, 4) is 0 Å². The molecule has 3 heteroatoms. The average Bonchev–Trinajstić information content (AvgIpc) is 2.28. The van der Waals surface area contributed by atoms with Crippen LogP contribution in [0, 0.1) is 5.92 Å². The minimum Gasteiger partial charge on any atom is -0.352 e. The number of hydrogen-bond acceptors (Lipinski definition) is 2. The van der Waals surface area contributed by atoms with Gasteiger partial charge in [-0.05, 0) is 45.6 Å². The van der Waals surface area contributed by atoms with E-state index >= 15 is 0 Å². The van der Waals surface area contributed by atoms with Crippen LogP contribution in [0.1, 0.15) is 53.4 Å². The van der Waals surface area contributed by atoms with E-state index in [0.717, 1.165) is 25.8 Å². The molecule has 1 rings (SSSR count). The molecule has 16 heavy (non-hydrogen) atoms. The zero-order valence-electron chi connectivity index (χ0n) is 11.1. The van der Waals surface area contributed by atoms with Crippen molar-refractivity contribution in [2.75, 3.05) is 6.54 Å². The number of hydrogen-bond donors (Lipinski definition) is 2. The molecule has 2 N–H and O–H groups in total. The van der Waals surface area contributed by atoms with E-state index in [2.05, 4.69) is 31.4 Å². The van der Waals surface area contributed by atoms with Crippen LogP contribution in [0.5, 0.6) is 0 Å². The molecule has 0 radical (unpaired) electrons. The van der Waals surface area contributed by atoms with Crippen molar-refractivity contribution in [2.24, 2.45) is 5.92 Å². The Hall–Kier alpha value is -0.570. The summed E-state index contributed by atoms with van der Waals surface area (Å²) in [7, 11) is 0. The lowest BCUT2D eigenvalue weighted by molar-refractivity contribution is -0.128. The maximum atomic E-state index is 12.2. The first-order valence-corrected chi connectivity index (χ1v) is 6.55. The summed E-state index contributed by atoms with van der Waals surface area (Å²) in [6.45, 7) is 9.42. The Kier molecular flexibility index (Phi) is 4.78. The highest BCUT2D eigenvalue weighted by molar-refractivity contribution is 5.86. The molecule has 1 saturated heterocycles. The zero-order chi connectivity index (χ0) is 12.2. The fourth-order valence-electron chi connectivity index (χ4n) is 2.11. The highest BCUT2D eigenvalue weighted by atomic mass is 16.2. The monoisotopic (exact) mass is 226 g/mol. The maximum absolute atomic E-state index is 12.2. The first kappa shape index (κ1) is 13.5. The number of carbonyl (C=O) groups is 1. The number of rotatable bonds is 4. The third kappa shape index (κ3) is 3.21. The molecule has 3 nitrogen and oxygen atoms in total. The van der Waals surface area contributed by atoms with Crippen LogP contribution in [0.4, 0.5) is 0 Å². The lowest BCUT2D eigenvalue weighted by atomic mass is 9.89. The minimum absolute atomic E-state index is 0.167. The van der Waals surface area contributed by atoms with Gasteiger partial charge in [0.1, 0.15) is 0 Å². The maximum Gasteiger partial charge on any atom is 0.240 e. The van der Waals surface area contributed by atoms with Gasteiger partial charge in [0.05, 0.1) is 5.54 Å². The summed E-state index contributed by atoms with van der Waals surface area (Å²) in [6, 6.07) is 0.262. The number of carbonyl (C=O) groups excluding carboxylic acids is 1. The van der Waals surface area contributed by atoms with Crippen LogP contribution in [0.25, 0.3) is 0 Å². The van der Waals surface area contributed by atoms with Crippen molar-refractivity contribution in [1.29, 1.82) is 0 Å². The predicted octanol–water partition coefficient (Wildman–Crippen LogP) is 2.07. The van der Waals surface area contributed by atoms with Gasteiger partial charge in [-0.3, -0.25) is 4.79 Å². The van der Waals surface area contributed by atoms with Crippen molar-refractivity contribution >= 4 is 5.91 Å². The first-order chi connectivity index (χ1) is 7.49. The van der Waals surface area contributed by atoms with Gasteiger partial charge < -0.3 is 10.6 Å². The standard InChI is InChI=1S/C13H26N2O/c1-5-10(2)11(3)15-12(16)13(4)8-6-7-9-14-13/h10-11,14H,5-9H2,1-4H3,(H,15,16). The second kappa shape index (κ2) is 5.67. The van der Waals surface area contributed by atoms with Crippen molar-refractivity contribution < 1.29 is 4.79 Å². The molecule has 0 aromatic carbocycles. The Morgan fingerprint density at radius 1 is 1.44 bits per heavy atom. The fraction of sp³-hybridized carbons (Fsp3) is 0.923. The minimum atomic E-state index is -0.347. The van der Waals surface area contributed by atoms with E-state index in [1.54, 1.807) is 0 Å². The van der Waals surface area contributed by atoms with Gasteiger partial charge in [-0.2, -0.15) is 0 Å². The average molecular weight is 226 g/mol. The van der Waals surface area contributed by atoms with Crippen LogP contribution in [-0.2, 0) is 4.79 Å². The second-order valence-electron chi connectivity index (χ2n) is 5.36. The van der Waals surface area contributed by atoms with E-state index in [-0.39, 0.29) is 17.5 Å². The molecule has 3 unspecified atom stereocenters. The molecular weight excluding hydrogens is 200 g/mol. The molecule has 94 valence electrons. The number of piperidine rings is 1. The molecule has 0 aromatic heterocycles. The van der Waals surface area contributed by atoms with Gasteiger partial charge in [-0.15, -0.1) is 0 Å². The molecule has 1 aliphatic rings. The van der Waals surface area contributed by atoms with Gasteiger partial charge in [-0.1, -0.05) is 20.3 Å². The Labute approximate surface area is 99.4 Å². The summed E-state index contributed by atoms with van der Waals surface area (Å²) in [5.74, 6) is 0.705. The van der Waals surface area contributed by atoms with Gasteiger partial charge in [-0.25, -0.2) is 0 Å². The molecule has 3 atom stereocenters. The van der Waals surface area contributed by atoms with Crippen LogP contribution < -0.4 is 10.6 Å². The molecule has 0 aromatic rings. The van der Waals surface area contributed by atoms with Crippen LogP contribution in [0.15, 0.2) is 0 Å². The van der Waals surface area contributed by atoms with E-state index in [1.807, 2.05) is 6.92 Å². The molecular formula is C13H26N2O. The van der Waals surface area contributed by atoms with E-state index < -0.39 is 0 Å². The van der Waals surface area contributed by atoms with Gasteiger partial charge >= 0.3 is 0 Å². The summed E-state index contributed by atoms with van der Waals surface area (Å²) in [5, 5.41) is 6.48. The van der Waals surface area contributed by atoms with Crippen LogP contribution >= 0.6 is 0 Å². The van der Waals surface area contributed by atoms with Crippen molar-refractivity contribution in [3.63, 3.8) is 0 Å². The molecule has 1 heterocycles. The normalized spacial score (nSPS) is 29.5. The summed E-state index contributed by atoms with van der Waals surface area (Å²) >= 11 is 0. The lowest BCUT2D eigenvalue weighted by Crippen LogP contribution is -2.58. The summed E-state index contributed by atoms with van der Waals surface area (Å²) in [4.78, 5) is 12.2. The van der Waals surface area contributed by atoms with Crippen LogP contribution in [0.3, 0.4) is 0 Å². The molecule has 0 aliphatic carbocycles. The molecule has 1 fully saturated rings. The third-order valence-corrected chi connectivity index (χ3v) is 3.98. The smallest absolute Gasteiger partial charge is 0.240 e. The Balaban J connectivity index is 2.50. The number of amides is 1. The van der Waals surface area contributed by atoms with E-state index in [1.165, 1.54) is 6.42 Å². The second-order valence-corrected chi connectivity index (χ2v) is 5.36. The Bertz CT molecular complexity index is 234. The highest BCUT2D eigenvalue weighted by Crippen LogP contribution is 2.19. The summed E-state index contributed by atoms with van der Waals surface area (Å²) in [5.41, 5.74) is -0.347. The van der Waals surface area contributed by atoms with Crippen molar-refractivity contribution in [2.45, 2.75) is 65.0 Å². The number of nitrogens with one attached hydrogen (secondary N) is 2. The highest BCUT2D eigenvalue weighted by Gasteiger charge is 2.34. The summed E-state index contributed by atoms with van der Waals surface area (Å²) in [6.07, 6.45) is 4.38. The molecule has 0 saturated carbocycles. The van der Waals surface area contributed by atoms with E-state index in [0.29, 0.717) is 5.92 Å². The van der Waals surface area contributed by atoms with Crippen LogP contribution in [-0.4, -0.2) is 24.0 Å². The zero-order valence-corrected chi connectivity index (χ0v) is 11.1. The quantitative estimate of drug-likeness (QED) is 0.770. The first-order valence-electron chi connectivity index (χ1n) is 6.55. The molecule has 0 bridgehead atoms. The lowest BCUT2D eigenvalue weighted by Gasteiger charge is -2.35. The van der Waals surface area contributed by atoms with Crippen molar-refractivity contribution in [1.82, 2.24) is 10.6 Å². The van der Waals surface area contributed by atoms with Gasteiger partial charge in [0, 0.05) is 6.04 Å². The molecule has 0 spiro atoms.